The van der Waals surface area contributed by atoms with Crippen molar-refractivity contribution >= 4 is 11.2 Å². The third-order valence-corrected chi connectivity index (χ3v) is 6.02. The van der Waals surface area contributed by atoms with Gasteiger partial charge >= 0.3 is 6.18 Å². The molecule has 0 aliphatic carbocycles. The number of H-pyrrole nitrogens is 1. The zero-order valence-corrected chi connectivity index (χ0v) is 21.2. The summed E-state index contributed by atoms with van der Waals surface area (Å²) in [5, 5.41) is 0. The Morgan fingerprint density at radius 1 is 0.975 bits per heavy atom. The molecule has 202 valence electrons. The molecule has 0 bridgehead atoms. The van der Waals surface area contributed by atoms with E-state index in [0.29, 0.717) is 29.1 Å². The van der Waals surface area contributed by atoms with Crippen molar-refractivity contribution in [3.63, 3.8) is 0 Å². The summed E-state index contributed by atoms with van der Waals surface area (Å²) in [5.41, 5.74) is 0.534. The summed E-state index contributed by atoms with van der Waals surface area (Å²) in [6, 6.07) is 17.5. The van der Waals surface area contributed by atoms with Gasteiger partial charge in [0.1, 0.15) is 29.8 Å². The molecule has 0 aliphatic heterocycles. The molecule has 0 radical (unpaired) electrons. The first-order valence-electron chi connectivity index (χ1n) is 12.4. The molecule has 5 rings (SSSR count). The van der Waals surface area contributed by atoms with E-state index in [1.54, 1.807) is 36.4 Å². The van der Waals surface area contributed by atoms with E-state index in [2.05, 4.69) is 26.8 Å². The molecular weight excluding hydrogens is 524 g/mol. The zero-order chi connectivity index (χ0) is 28.3. The molecule has 2 aromatic heterocycles. The summed E-state index contributed by atoms with van der Waals surface area (Å²) in [4.78, 5) is 25.3. The van der Waals surface area contributed by atoms with Crippen LogP contribution < -0.4 is 10.3 Å². The van der Waals surface area contributed by atoms with Crippen molar-refractivity contribution in [1.82, 2.24) is 19.5 Å². The maximum absolute atomic E-state index is 13.3. The van der Waals surface area contributed by atoms with Crippen LogP contribution in [0.4, 0.5) is 17.6 Å². The number of hydrogen-bond acceptors (Lipinski definition) is 4. The number of aromatic nitrogens is 4. The number of nitrogens with zero attached hydrogens (tertiary/aromatic N) is 3. The van der Waals surface area contributed by atoms with Crippen LogP contribution in [0.3, 0.4) is 0 Å². The first kappa shape index (κ1) is 26.7. The molecule has 3 aromatic carbocycles. The van der Waals surface area contributed by atoms with Gasteiger partial charge in [-0.1, -0.05) is 30.9 Å². The maximum atomic E-state index is 13.3. The topological polar surface area (TPSA) is 72.8 Å². The lowest BCUT2D eigenvalue weighted by Crippen LogP contribution is -2.23. The van der Waals surface area contributed by atoms with Gasteiger partial charge in [0.25, 0.3) is 5.56 Å². The monoisotopic (exact) mass is 546 g/mol. The van der Waals surface area contributed by atoms with Crippen molar-refractivity contribution in [3.8, 4) is 40.4 Å². The number of alkyl halides is 3. The number of halogens is 4. The Morgan fingerprint density at radius 3 is 2.42 bits per heavy atom. The highest BCUT2D eigenvalue weighted by molar-refractivity contribution is 5.77. The molecular formula is C30H22F4N4O2. The predicted octanol–water partition coefficient (Wildman–Crippen LogP) is 6.45. The first-order chi connectivity index (χ1) is 19.2. The largest absolute Gasteiger partial charge is 0.481 e. The summed E-state index contributed by atoms with van der Waals surface area (Å²) in [5.74, 6) is 6.48. The first-order valence-corrected chi connectivity index (χ1v) is 12.4. The van der Waals surface area contributed by atoms with Crippen LogP contribution in [0, 0.1) is 17.7 Å². The highest BCUT2D eigenvalue weighted by atomic mass is 19.4. The van der Waals surface area contributed by atoms with Crippen LogP contribution in [0.25, 0.3) is 33.9 Å². The molecule has 0 saturated carbocycles. The Labute approximate surface area is 226 Å². The molecule has 0 aliphatic rings. The predicted molar refractivity (Wildman–Crippen MR) is 143 cm³/mol. The number of benzene rings is 3. The van der Waals surface area contributed by atoms with E-state index in [1.165, 1.54) is 28.8 Å². The fraction of sp³-hybridized carbons (Fsp3) is 0.167. The van der Waals surface area contributed by atoms with Crippen LogP contribution in [0.1, 0.15) is 24.5 Å². The standard InChI is InChI=1S/C30H22F4N4O2/c1-2-16-38-28(21-6-3-7-22(18-21)30(32,33)34)37-27-25(29(38)39)35-26(36-27)20-10-14-24(15-11-20)40-17-4-5-19-8-12-23(31)13-9-19/h3,6-15,18H,2,16-17H2,1H3,(H,35,36). The van der Waals surface area contributed by atoms with Crippen LogP contribution in [0.15, 0.2) is 77.6 Å². The third-order valence-electron chi connectivity index (χ3n) is 6.02. The van der Waals surface area contributed by atoms with E-state index in [1.807, 2.05) is 6.92 Å². The van der Waals surface area contributed by atoms with Gasteiger partial charge in [0.15, 0.2) is 11.2 Å². The summed E-state index contributed by atoms with van der Waals surface area (Å²) >= 11 is 0. The molecule has 0 saturated heterocycles. The third kappa shape index (κ3) is 5.73. The van der Waals surface area contributed by atoms with Crippen LogP contribution >= 0.6 is 0 Å². The molecule has 0 fully saturated rings. The highest BCUT2D eigenvalue weighted by Gasteiger charge is 2.31. The SMILES string of the molecule is CCCn1c(-c2cccc(C(F)(F)F)c2)nc2nc(-c3ccc(OCC#Cc4ccc(F)cc4)cc3)[nH]c2c1=O. The van der Waals surface area contributed by atoms with E-state index < -0.39 is 17.3 Å². The number of nitrogens with one attached hydrogen (secondary N) is 1. The van der Waals surface area contributed by atoms with Gasteiger partial charge in [0, 0.05) is 23.2 Å². The number of imidazole rings is 1. The lowest BCUT2D eigenvalue weighted by molar-refractivity contribution is -0.137. The van der Waals surface area contributed by atoms with E-state index in [4.69, 9.17) is 4.74 Å². The molecule has 0 spiro atoms. The fourth-order valence-electron chi connectivity index (χ4n) is 4.11. The Kier molecular flexibility index (Phi) is 7.38. The average molecular weight is 547 g/mol. The fourth-order valence-corrected chi connectivity index (χ4v) is 4.11. The van der Waals surface area contributed by atoms with Gasteiger partial charge in [-0.05, 0) is 67.1 Å². The number of aromatic amines is 1. The summed E-state index contributed by atoms with van der Waals surface area (Å²) < 4.78 is 59.9. The normalized spacial score (nSPS) is 11.3. The lowest BCUT2D eigenvalue weighted by Gasteiger charge is -2.13. The van der Waals surface area contributed by atoms with Gasteiger partial charge in [0.2, 0.25) is 0 Å². The number of rotatable bonds is 6. The van der Waals surface area contributed by atoms with Crippen LogP contribution in [0.5, 0.6) is 5.75 Å². The quantitative estimate of drug-likeness (QED) is 0.196. The Morgan fingerprint density at radius 2 is 1.73 bits per heavy atom. The van der Waals surface area contributed by atoms with E-state index in [9.17, 15) is 22.4 Å². The van der Waals surface area contributed by atoms with Gasteiger partial charge in [-0.2, -0.15) is 13.2 Å². The number of ether oxygens (including phenoxy) is 1. The van der Waals surface area contributed by atoms with Gasteiger partial charge in [-0.25, -0.2) is 14.4 Å². The van der Waals surface area contributed by atoms with Crippen molar-refractivity contribution in [1.29, 1.82) is 0 Å². The molecule has 10 heteroatoms. The van der Waals surface area contributed by atoms with Crippen molar-refractivity contribution in [2.45, 2.75) is 26.1 Å². The molecule has 0 atom stereocenters. The highest BCUT2D eigenvalue weighted by Crippen LogP contribution is 2.32. The zero-order valence-electron chi connectivity index (χ0n) is 21.2. The number of fused-ring (bicyclic) bond motifs is 1. The van der Waals surface area contributed by atoms with Gasteiger partial charge < -0.3 is 9.72 Å². The van der Waals surface area contributed by atoms with Gasteiger partial charge in [-0.15, -0.1) is 0 Å². The minimum Gasteiger partial charge on any atom is -0.481 e. The Hall–Kier alpha value is -4.91. The maximum Gasteiger partial charge on any atom is 0.416 e. The van der Waals surface area contributed by atoms with Crippen LogP contribution in [-0.2, 0) is 12.7 Å². The summed E-state index contributed by atoms with van der Waals surface area (Å²) in [7, 11) is 0. The molecule has 0 amide bonds. The van der Waals surface area contributed by atoms with Crippen molar-refractivity contribution in [3.05, 3.63) is 100 Å². The molecule has 2 heterocycles. The van der Waals surface area contributed by atoms with Crippen molar-refractivity contribution in [2.75, 3.05) is 6.61 Å². The lowest BCUT2D eigenvalue weighted by atomic mass is 10.1. The van der Waals surface area contributed by atoms with E-state index in [0.717, 1.165) is 12.1 Å². The minimum atomic E-state index is -4.53. The smallest absolute Gasteiger partial charge is 0.416 e. The minimum absolute atomic E-state index is 0.108. The van der Waals surface area contributed by atoms with Gasteiger partial charge in [-0.3, -0.25) is 9.36 Å². The van der Waals surface area contributed by atoms with E-state index in [-0.39, 0.29) is 41.5 Å². The van der Waals surface area contributed by atoms with Crippen molar-refractivity contribution in [2.24, 2.45) is 0 Å². The van der Waals surface area contributed by atoms with E-state index >= 15 is 0 Å². The molecule has 40 heavy (non-hydrogen) atoms. The molecule has 6 nitrogen and oxygen atoms in total. The summed E-state index contributed by atoms with van der Waals surface area (Å²) in [6.07, 6.45) is -3.95. The Bertz CT molecular complexity index is 1780. The molecule has 1 N–H and O–H groups in total. The second kappa shape index (κ2) is 11.1. The average Bonchev–Trinajstić information content (AvgIpc) is 3.38. The second-order valence-electron chi connectivity index (χ2n) is 8.88. The van der Waals surface area contributed by atoms with Crippen LogP contribution in [-0.4, -0.2) is 26.1 Å². The number of hydrogen-bond donors (Lipinski definition) is 1. The molecule has 0 unspecified atom stereocenters. The van der Waals surface area contributed by atoms with Crippen LogP contribution in [0.2, 0.25) is 0 Å². The second-order valence-corrected chi connectivity index (χ2v) is 8.88. The van der Waals surface area contributed by atoms with Gasteiger partial charge in [0.05, 0.1) is 5.56 Å². The Balaban J connectivity index is 1.41. The van der Waals surface area contributed by atoms with Crippen molar-refractivity contribution < 1.29 is 22.3 Å². The molecule has 5 aromatic rings. The summed E-state index contributed by atoms with van der Waals surface area (Å²) in [6.45, 7) is 2.27.